The lowest BCUT2D eigenvalue weighted by Crippen LogP contribution is -2.23. The van der Waals surface area contributed by atoms with Crippen molar-refractivity contribution in [1.29, 1.82) is 0 Å². The molecule has 0 aliphatic carbocycles. The zero-order valence-corrected chi connectivity index (χ0v) is 27.7. The summed E-state index contributed by atoms with van der Waals surface area (Å²) >= 11 is 0. The summed E-state index contributed by atoms with van der Waals surface area (Å²) in [4.78, 5) is 55.0. The molecular weight excluding hydrogens is 632 g/mol. The van der Waals surface area contributed by atoms with Crippen LogP contribution in [0.3, 0.4) is 0 Å². The Morgan fingerprint density at radius 1 is 0.380 bits per heavy atom. The van der Waals surface area contributed by atoms with Gasteiger partial charge in [0.1, 0.15) is 0 Å². The van der Waals surface area contributed by atoms with Crippen LogP contribution in [0.1, 0.15) is 52.6 Å². The SMILES string of the molecule is C#Cc1ccc(-c2ccc(-c3c(C(=O)OC)c(C(=O)OC)c(-c4ccc(-c5ccc(C#C)cc5)cc4)c(C(=O)OC)c3C(=O)OC)cc2)cc1. The van der Waals surface area contributed by atoms with Gasteiger partial charge in [-0.15, -0.1) is 12.8 Å². The van der Waals surface area contributed by atoms with Crippen LogP contribution in [0.4, 0.5) is 0 Å². The first-order valence-electron chi connectivity index (χ1n) is 15.1. The van der Waals surface area contributed by atoms with Gasteiger partial charge in [0, 0.05) is 22.3 Å². The van der Waals surface area contributed by atoms with Gasteiger partial charge in [0.25, 0.3) is 0 Å². The van der Waals surface area contributed by atoms with Crippen LogP contribution in [0.2, 0.25) is 0 Å². The lowest BCUT2D eigenvalue weighted by Gasteiger charge is -2.23. The van der Waals surface area contributed by atoms with Gasteiger partial charge in [-0.2, -0.15) is 0 Å². The molecule has 8 nitrogen and oxygen atoms in total. The lowest BCUT2D eigenvalue weighted by molar-refractivity contribution is 0.0542. The Labute approximate surface area is 289 Å². The summed E-state index contributed by atoms with van der Waals surface area (Å²) in [6.07, 6.45) is 11.0. The second-order valence-electron chi connectivity index (χ2n) is 10.8. The minimum atomic E-state index is -0.956. The average Bonchev–Trinajstić information content (AvgIpc) is 3.18. The van der Waals surface area contributed by atoms with E-state index in [0.717, 1.165) is 61.8 Å². The molecule has 0 aliphatic rings. The molecule has 0 aromatic heterocycles. The first-order valence-corrected chi connectivity index (χ1v) is 15.1. The monoisotopic (exact) mass is 662 g/mol. The molecule has 5 aromatic carbocycles. The Hall–Kier alpha value is -6.90. The normalized spacial score (nSPS) is 10.3. The van der Waals surface area contributed by atoms with E-state index in [4.69, 9.17) is 31.8 Å². The fourth-order valence-electron chi connectivity index (χ4n) is 5.73. The van der Waals surface area contributed by atoms with Crippen LogP contribution in [0, 0.1) is 24.7 Å². The quantitative estimate of drug-likeness (QED) is 0.0958. The van der Waals surface area contributed by atoms with E-state index in [1.54, 1.807) is 72.8 Å². The molecule has 0 amide bonds. The van der Waals surface area contributed by atoms with Crippen molar-refractivity contribution < 1.29 is 38.1 Å². The highest BCUT2D eigenvalue weighted by Gasteiger charge is 2.38. The zero-order valence-electron chi connectivity index (χ0n) is 27.7. The van der Waals surface area contributed by atoms with Gasteiger partial charge in [0.15, 0.2) is 0 Å². The third-order valence-corrected chi connectivity index (χ3v) is 8.18. The molecular formula is C42H30O8. The van der Waals surface area contributed by atoms with E-state index < -0.39 is 23.9 Å². The van der Waals surface area contributed by atoms with Crippen LogP contribution in [0.25, 0.3) is 44.5 Å². The van der Waals surface area contributed by atoms with Crippen molar-refractivity contribution in [1.82, 2.24) is 0 Å². The largest absolute Gasteiger partial charge is 0.465 e. The summed E-state index contributed by atoms with van der Waals surface area (Å²) in [5, 5.41) is 0. The molecule has 0 bridgehead atoms. The summed E-state index contributed by atoms with van der Waals surface area (Å²) in [7, 11) is 4.56. The highest BCUT2D eigenvalue weighted by atomic mass is 16.5. The topological polar surface area (TPSA) is 105 Å². The van der Waals surface area contributed by atoms with Crippen LogP contribution in [0.15, 0.2) is 97.1 Å². The molecule has 0 saturated heterocycles. The van der Waals surface area contributed by atoms with E-state index in [0.29, 0.717) is 11.1 Å². The van der Waals surface area contributed by atoms with Crippen LogP contribution in [0.5, 0.6) is 0 Å². The van der Waals surface area contributed by atoms with Gasteiger partial charge in [-0.3, -0.25) is 0 Å². The molecule has 246 valence electrons. The van der Waals surface area contributed by atoms with Crippen molar-refractivity contribution in [3.63, 3.8) is 0 Å². The Morgan fingerprint density at radius 2 is 0.580 bits per heavy atom. The van der Waals surface area contributed by atoms with Crippen molar-refractivity contribution in [2.24, 2.45) is 0 Å². The second kappa shape index (κ2) is 14.9. The molecule has 0 spiro atoms. The standard InChI is InChI=1S/C42H30O8/c1-7-25-9-13-27(14-10-25)29-17-21-31(22-18-29)33-35(39(43)47-3)37(41(45)49-5)34(38(42(46)50-6)36(33)40(44)48-4)32-23-19-30(20-24-32)28-15-11-26(8-2)12-16-28/h1-2,9-24H,3-6H3. The summed E-state index contributed by atoms with van der Waals surface area (Å²) in [5.41, 5.74) is 3.98. The van der Waals surface area contributed by atoms with Crippen LogP contribution < -0.4 is 0 Å². The summed E-state index contributed by atoms with van der Waals surface area (Å²) in [5.74, 6) is 1.34. The Balaban J connectivity index is 1.85. The molecule has 5 rings (SSSR count). The van der Waals surface area contributed by atoms with Crippen molar-refractivity contribution in [2.75, 3.05) is 28.4 Å². The van der Waals surface area contributed by atoms with Crippen LogP contribution in [-0.4, -0.2) is 52.3 Å². The van der Waals surface area contributed by atoms with E-state index >= 15 is 0 Å². The van der Waals surface area contributed by atoms with Gasteiger partial charge in [-0.1, -0.05) is 84.6 Å². The van der Waals surface area contributed by atoms with Gasteiger partial charge >= 0.3 is 23.9 Å². The summed E-state index contributed by atoms with van der Waals surface area (Å²) in [6.45, 7) is 0. The van der Waals surface area contributed by atoms with E-state index in [2.05, 4.69) is 11.8 Å². The second-order valence-corrected chi connectivity index (χ2v) is 10.8. The highest BCUT2D eigenvalue weighted by molar-refractivity contribution is 6.22. The van der Waals surface area contributed by atoms with E-state index in [9.17, 15) is 19.2 Å². The molecule has 0 atom stereocenters. The van der Waals surface area contributed by atoms with Crippen molar-refractivity contribution >= 4 is 23.9 Å². The number of carbonyl (C=O) groups excluding carboxylic acids is 4. The third-order valence-electron chi connectivity index (χ3n) is 8.18. The number of carbonyl (C=O) groups is 4. The van der Waals surface area contributed by atoms with Crippen LogP contribution >= 0.6 is 0 Å². The minimum absolute atomic E-state index is 0.0762. The molecule has 8 heteroatoms. The predicted molar refractivity (Wildman–Crippen MR) is 189 cm³/mol. The molecule has 5 aromatic rings. The van der Waals surface area contributed by atoms with Crippen molar-refractivity contribution in [3.8, 4) is 69.2 Å². The predicted octanol–water partition coefficient (Wildman–Crippen LogP) is 7.46. The lowest BCUT2D eigenvalue weighted by atomic mass is 9.80. The summed E-state index contributed by atoms with van der Waals surface area (Å²) in [6, 6.07) is 28.3. The van der Waals surface area contributed by atoms with E-state index in [1.165, 1.54) is 0 Å². The maximum atomic E-state index is 13.8. The first kappa shape index (κ1) is 34.4. The number of hydrogen-bond donors (Lipinski definition) is 0. The number of esters is 4. The van der Waals surface area contributed by atoms with E-state index in [-0.39, 0.29) is 33.4 Å². The smallest absolute Gasteiger partial charge is 0.339 e. The highest BCUT2D eigenvalue weighted by Crippen LogP contribution is 2.43. The maximum absolute atomic E-state index is 13.8. The maximum Gasteiger partial charge on any atom is 0.339 e. The Morgan fingerprint density at radius 3 is 0.780 bits per heavy atom. The molecule has 0 saturated carbocycles. The molecule has 0 aliphatic heterocycles. The van der Waals surface area contributed by atoms with Gasteiger partial charge in [-0.25, -0.2) is 19.2 Å². The van der Waals surface area contributed by atoms with Gasteiger partial charge < -0.3 is 18.9 Å². The molecule has 0 fully saturated rings. The van der Waals surface area contributed by atoms with Gasteiger partial charge in [-0.05, 0) is 57.6 Å². The Kier molecular flexibility index (Phi) is 10.3. The third kappa shape index (κ3) is 6.47. The molecule has 50 heavy (non-hydrogen) atoms. The Bertz CT molecular complexity index is 1980. The number of hydrogen-bond acceptors (Lipinski definition) is 8. The molecule has 0 unspecified atom stereocenters. The average molecular weight is 663 g/mol. The van der Waals surface area contributed by atoms with E-state index in [1.807, 2.05) is 24.3 Å². The van der Waals surface area contributed by atoms with Crippen molar-refractivity contribution in [2.45, 2.75) is 0 Å². The number of terminal acetylenes is 2. The molecule has 0 N–H and O–H groups in total. The van der Waals surface area contributed by atoms with Crippen molar-refractivity contribution in [3.05, 3.63) is 130 Å². The minimum Gasteiger partial charge on any atom is -0.465 e. The number of benzene rings is 5. The number of rotatable bonds is 8. The van der Waals surface area contributed by atoms with Gasteiger partial charge in [0.2, 0.25) is 0 Å². The molecule has 0 heterocycles. The summed E-state index contributed by atoms with van der Waals surface area (Å²) < 4.78 is 20.7. The first-order chi connectivity index (χ1) is 24.2. The number of ether oxygens (including phenoxy) is 4. The van der Waals surface area contributed by atoms with Gasteiger partial charge in [0.05, 0.1) is 50.7 Å². The molecule has 0 radical (unpaired) electrons. The van der Waals surface area contributed by atoms with Crippen LogP contribution in [-0.2, 0) is 18.9 Å². The fraction of sp³-hybridized carbons (Fsp3) is 0.0952. The fourth-order valence-corrected chi connectivity index (χ4v) is 5.73. The number of methoxy groups -OCH3 is 4. The zero-order chi connectivity index (χ0) is 35.9.